The van der Waals surface area contributed by atoms with Crippen molar-refractivity contribution in [1.82, 2.24) is 4.31 Å². The van der Waals surface area contributed by atoms with Gasteiger partial charge in [-0.1, -0.05) is 23.7 Å². The van der Waals surface area contributed by atoms with Gasteiger partial charge in [0.05, 0.1) is 5.02 Å². The number of benzene rings is 1. The minimum Gasteiger partial charge on any atom is -0.326 e. The number of hydrogen-bond acceptors (Lipinski definition) is 3. The highest BCUT2D eigenvalue weighted by Gasteiger charge is 2.31. The topological polar surface area (TPSA) is 63.4 Å². The molecular formula is C10H14Cl2N2O2S. The van der Waals surface area contributed by atoms with E-state index >= 15 is 0 Å². The quantitative estimate of drug-likeness (QED) is 0.899. The molecule has 0 spiro atoms. The van der Waals surface area contributed by atoms with Gasteiger partial charge in [0, 0.05) is 19.1 Å². The Balaban J connectivity index is 0.00000144. The standard InChI is InChI=1S/C10H13ClN2O2S.ClH/c11-9-3-1-2-4-10(9)16(14,15)13-6-5-8(12)7-13;/h1-4,8H,5-7,12H2;1H/t8-;/m1./s1. The molecule has 0 saturated carbocycles. The van der Waals surface area contributed by atoms with Crippen LogP contribution >= 0.6 is 24.0 Å². The minimum absolute atomic E-state index is 0. The Morgan fingerprint density at radius 1 is 1.35 bits per heavy atom. The van der Waals surface area contributed by atoms with E-state index < -0.39 is 10.0 Å². The van der Waals surface area contributed by atoms with Crippen LogP contribution in [-0.2, 0) is 10.0 Å². The molecule has 1 aliphatic rings. The molecule has 2 rings (SSSR count). The van der Waals surface area contributed by atoms with Gasteiger partial charge in [0.2, 0.25) is 10.0 Å². The van der Waals surface area contributed by atoms with Gasteiger partial charge in [-0.3, -0.25) is 0 Å². The summed E-state index contributed by atoms with van der Waals surface area (Å²) in [5.41, 5.74) is 5.70. The third-order valence-electron chi connectivity index (χ3n) is 2.64. The van der Waals surface area contributed by atoms with Crippen LogP contribution in [0.5, 0.6) is 0 Å². The molecule has 1 saturated heterocycles. The van der Waals surface area contributed by atoms with Gasteiger partial charge in [-0.25, -0.2) is 8.42 Å². The molecule has 1 aliphatic heterocycles. The van der Waals surface area contributed by atoms with Crippen LogP contribution in [0.15, 0.2) is 29.2 Å². The van der Waals surface area contributed by atoms with Crippen molar-refractivity contribution in [3.8, 4) is 0 Å². The van der Waals surface area contributed by atoms with E-state index in [1.165, 1.54) is 10.4 Å². The summed E-state index contributed by atoms with van der Waals surface area (Å²) >= 11 is 5.89. The van der Waals surface area contributed by atoms with E-state index in [1.807, 2.05) is 0 Å². The molecule has 4 nitrogen and oxygen atoms in total. The minimum atomic E-state index is -3.48. The predicted octanol–water partition coefficient (Wildman–Crippen LogP) is 1.48. The molecule has 96 valence electrons. The van der Waals surface area contributed by atoms with Crippen LogP contribution in [-0.4, -0.2) is 31.9 Å². The van der Waals surface area contributed by atoms with Crippen molar-refractivity contribution in [3.05, 3.63) is 29.3 Å². The summed E-state index contributed by atoms with van der Waals surface area (Å²) in [7, 11) is -3.48. The van der Waals surface area contributed by atoms with Crippen LogP contribution in [0, 0.1) is 0 Å². The average Bonchev–Trinajstić information content (AvgIpc) is 2.66. The summed E-state index contributed by atoms with van der Waals surface area (Å²) in [6.45, 7) is 0.836. The molecule has 0 unspecified atom stereocenters. The van der Waals surface area contributed by atoms with Crippen LogP contribution in [0.25, 0.3) is 0 Å². The van der Waals surface area contributed by atoms with E-state index in [0.717, 1.165) is 0 Å². The lowest BCUT2D eigenvalue weighted by Crippen LogP contribution is -2.32. The van der Waals surface area contributed by atoms with Crippen LogP contribution < -0.4 is 5.73 Å². The fraction of sp³-hybridized carbons (Fsp3) is 0.400. The maximum absolute atomic E-state index is 12.2. The van der Waals surface area contributed by atoms with Gasteiger partial charge in [0.25, 0.3) is 0 Å². The molecule has 0 aliphatic carbocycles. The van der Waals surface area contributed by atoms with Gasteiger partial charge >= 0.3 is 0 Å². The Morgan fingerprint density at radius 2 is 2.00 bits per heavy atom. The van der Waals surface area contributed by atoms with Crippen molar-refractivity contribution in [1.29, 1.82) is 0 Å². The lowest BCUT2D eigenvalue weighted by molar-refractivity contribution is 0.472. The summed E-state index contributed by atoms with van der Waals surface area (Å²) in [5.74, 6) is 0. The predicted molar refractivity (Wildman–Crippen MR) is 70.1 cm³/mol. The fourth-order valence-corrected chi connectivity index (χ4v) is 3.77. The van der Waals surface area contributed by atoms with E-state index in [-0.39, 0.29) is 28.4 Å². The van der Waals surface area contributed by atoms with Gasteiger partial charge in [-0.05, 0) is 18.6 Å². The van der Waals surface area contributed by atoms with Crippen molar-refractivity contribution in [2.45, 2.75) is 17.4 Å². The first kappa shape index (κ1) is 14.7. The molecular weight excluding hydrogens is 283 g/mol. The Bertz CT molecular complexity index is 493. The molecule has 17 heavy (non-hydrogen) atoms. The van der Waals surface area contributed by atoms with Gasteiger partial charge < -0.3 is 5.73 Å². The molecule has 1 aromatic carbocycles. The number of sulfonamides is 1. The van der Waals surface area contributed by atoms with E-state index in [1.54, 1.807) is 18.2 Å². The molecule has 7 heteroatoms. The zero-order valence-electron chi connectivity index (χ0n) is 9.04. The summed E-state index contributed by atoms with van der Waals surface area (Å²) in [4.78, 5) is 0.158. The van der Waals surface area contributed by atoms with E-state index in [4.69, 9.17) is 17.3 Å². The van der Waals surface area contributed by atoms with E-state index in [0.29, 0.717) is 19.5 Å². The van der Waals surface area contributed by atoms with Crippen molar-refractivity contribution >= 4 is 34.0 Å². The molecule has 0 radical (unpaired) electrons. The zero-order valence-corrected chi connectivity index (χ0v) is 11.4. The Morgan fingerprint density at radius 3 is 2.53 bits per heavy atom. The lowest BCUT2D eigenvalue weighted by Gasteiger charge is -2.16. The van der Waals surface area contributed by atoms with Crippen LogP contribution in [0.1, 0.15) is 6.42 Å². The van der Waals surface area contributed by atoms with Gasteiger partial charge in [-0.2, -0.15) is 4.31 Å². The van der Waals surface area contributed by atoms with Gasteiger partial charge in [0.1, 0.15) is 4.90 Å². The average molecular weight is 297 g/mol. The number of halogens is 2. The smallest absolute Gasteiger partial charge is 0.244 e. The normalized spacial score (nSPS) is 21.2. The second-order valence-corrected chi connectivity index (χ2v) is 6.16. The number of rotatable bonds is 2. The van der Waals surface area contributed by atoms with Crippen LogP contribution in [0.4, 0.5) is 0 Å². The van der Waals surface area contributed by atoms with Crippen molar-refractivity contribution in [2.24, 2.45) is 5.73 Å². The molecule has 0 aromatic heterocycles. The molecule has 0 amide bonds. The van der Waals surface area contributed by atoms with Gasteiger partial charge in [-0.15, -0.1) is 12.4 Å². The van der Waals surface area contributed by atoms with Crippen molar-refractivity contribution in [2.75, 3.05) is 13.1 Å². The highest BCUT2D eigenvalue weighted by molar-refractivity contribution is 7.89. The highest BCUT2D eigenvalue weighted by atomic mass is 35.5. The van der Waals surface area contributed by atoms with Crippen LogP contribution in [0.2, 0.25) is 5.02 Å². The second-order valence-electron chi connectivity index (χ2n) is 3.84. The molecule has 0 bridgehead atoms. The van der Waals surface area contributed by atoms with Crippen LogP contribution in [0.3, 0.4) is 0 Å². The summed E-state index contributed by atoms with van der Waals surface area (Å²) < 4.78 is 25.8. The third kappa shape index (κ3) is 2.92. The number of hydrogen-bond donors (Lipinski definition) is 1. The zero-order chi connectivity index (χ0) is 11.8. The Hall–Kier alpha value is -0.330. The highest BCUT2D eigenvalue weighted by Crippen LogP contribution is 2.26. The summed E-state index contributed by atoms with van der Waals surface area (Å²) in [6.07, 6.45) is 0.698. The monoisotopic (exact) mass is 296 g/mol. The second kappa shape index (κ2) is 5.54. The maximum Gasteiger partial charge on any atom is 0.244 e. The Kier molecular flexibility index (Phi) is 4.80. The first-order valence-corrected chi connectivity index (χ1v) is 6.84. The first-order valence-electron chi connectivity index (χ1n) is 5.02. The molecule has 1 heterocycles. The largest absolute Gasteiger partial charge is 0.326 e. The maximum atomic E-state index is 12.2. The third-order valence-corrected chi connectivity index (χ3v) is 5.01. The lowest BCUT2D eigenvalue weighted by atomic mass is 10.3. The SMILES string of the molecule is Cl.N[C@@H]1CCN(S(=O)(=O)c2ccccc2Cl)C1. The molecule has 1 fully saturated rings. The fourth-order valence-electron chi connectivity index (χ4n) is 1.77. The number of nitrogens with two attached hydrogens (primary N) is 1. The first-order chi connectivity index (χ1) is 7.51. The summed E-state index contributed by atoms with van der Waals surface area (Å²) in [6, 6.07) is 6.38. The van der Waals surface area contributed by atoms with Gasteiger partial charge in [0.15, 0.2) is 0 Å². The van der Waals surface area contributed by atoms with Crippen molar-refractivity contribution < 1.29 is 8.42 Å². The Labute approximate surface area is 112 Å². The molecule has 1 aromatic rings. The van der Waals surface area contributed by atoms with Crippen molar-refractivity contribution in [3.63, 3.8) is 0 Å². The molecule has 1 atom stereocenters. The van der Waals surface area contributed by atoms with E-state index in [9.17, 15) is 8.42 Å². The summed E-state index contributed by atoms with van der Waals surface area (Å²) in [5, 5.41) is 0.253. The van der Waals surface area contributed by atoms with E-state index in [2.05, 4.69) is 0 Å². The molecule has 2 N–H and O–H groups in total. The number of nitrogens with zero attached hydrogens (tertiary/aromatic N) is 1.